The molecule has 1 nitrogen and oxygen atoms in total. The Kier molecular flexibility index (Phi) is 8.43. The summed E-state index contributed by atoms with van der Waals surface area (Å²) in [5.41, 5.74) is 1.25. The summed E-state index contributed by atoms with van der Waals surface area (Å²) < 4.78 is 8.69. The maximum absolute atomic E-state index is 6.93. The molecule has 1 unspecified atom stereocenters. The third-order valence-corrected chi connectivity index (χ3v) is 15.1. The molecule has 0 radical (unpaired) electrons. The molecule has 0 saturated carbocycles. The van der Waals surface area contributed by atoms with Gasteiger partial charge in [0.25, 0.3) is 0 Å². The molecule has 1 aromatic rings. The summed E-state index contributed by atoms with van der Waals surface area (Å²) in [4.78, 5) is 0. The fourth-order valence-electron chi connectivity index (χ4n) is 2.23. The molecule has 1 rings (SSSR count). The quantitative estimate of drug-likeness (QED) is 0.468. The van der Waals surface area contributed by atoms with Crippen LogP contribution in [0, 0.1) is 0 Å². The van der Waals surface area contributed by atoms with Crippen molar-refractivity contribution < 1.29 is 3.07 Å². The van der Waals surface area contributed by atoms with Gasteiger partial charge in [0.2, 0.25) is 0 Å². The van der Waals surface area contributed by atoms with E-state index in [4.69, 9.17) is 12.0 Å². The molecule has 0 aliphatic carbocycles. The van der Waals surface area contributed by atoms with E-state index in [1.54, 1.807) is 0 Å². The Hall–Kier alpha value is 0.269. The van der Waals surface area contributed by atoms with Crippen molar-refractivity contribution in [3.8, 4) is 0 Å². The minimum absolute atomic E-state index is 0.142. The van der Waals surface area contributed by atoms with E-state index in [-0.39, 0.29) is 6.10 Å². The van der Waals surface area contributed by atoms with E-state index in [0.717, 1.165) is 8.87 Å². The van der Waals surface area contributed by atoms with Gasteiger partial charge in [-0.2, -0.15) is 0 Å². The van der Waals surface area contributed by atoms with Crippen LogP contribution in [0.3, 0.4) is 0 Å². The van der Waals surface area contributed by atoms with Crippen molar-refractivity contribution in [2.75, 3.05) is 0 Å². The van der Waals surface area contributed by atoms with Crippen molar-refractivity contribution in [3.63, 3.8) is 0 Å². The van der Waals surface area contributed by atoms with E-state index >= 15 is 0 Å². The van der Waals surface area contributed by atoms with Crippen LogP contribution in [0.4, 0.5) is 0 Å². The standard InChI is InChI=1S/C8H9O.2C4H9.ClH.Sn/c1-7(9)8-5-3-2-4-6-8;2*1-3-4-2;;/h2-7H,1H3;2*1,3-4H2,2H3;1H;/q-1;;;;+2/p-1. The SMILES string of the molecule is CCC[CH2][Sn]([Cl])([CH2]CCC)[O]C(C)c1ccccc1. The third-order valence-electron chi connectivity index (χ3n) is 3.46. The molecule has 0 bridgehead atoms. The molecule has 0 fully saturated rings. The van der Waals surface area contributed by atoms with Gasteiger partial charge < -0.3 is 0 Å². The number of rotatable bonds is 9. The Balaban J connectivity index is 2.65. The van der Waals surface area contributed by atoms with E-state index in [9.17, 15) is 0 Å². The van der Waals surface area contributed by atoms with Gasteiger partial charge in [0.15, 0.2) is 0 Å². The number of hydrogen-bond acceptors (Lipinski definition) is 1. The molecule has 0 saturated heterocycles. The Labute approximate surface area is 126 Å². The molecule has 0 N–H and O–H groups in total. The fourth-order valence-corrected chi connectivity index (χ4v) is 13.5. The zero-order chi connectivity index (χ0) is 14.1. The van der Waals surface area contributed by atoms with E-state index in [2.05, 4.69) is 45.0 Å². The van der Waals surface area contributed by atoms with Crippen LogP contribution >= 0.6 is 8.92 Å². The van der Waals surface area contributed by atoms with Crippen molar-refractivity contribution >= 4 is 26.6 Å². The Morgan fingerprint density at radius 3 is 2.05 bits per heavy atom. The van der Waals surface area contributed by atoms with Crippen LogP contribution in [-0.2, 0) is 3.07 Å². The first-order valence-electron chi connectivity index (χ1n) is 7.53. The molecule has 0 heterocycles. The molecule has 108 valence electrons. The van der Waals surface area contributed by atoms with Gasteiger partial charge in [-0.25, -0.2) is 0 Å². The van der Waals surface area contributed by atoms with Crippen molar-refractivity contribution in [1.29, 1.82) is 0 Å². The van der Waals surface area contributed by atoms with Crippen molar-refractivity contribution in [1.82, 2.24) is 0 Å². The molecule has 0 spiro atoms. The van der Waals surface area contributed by atoms with Gasteiger partial charge in [-0.3, -0.25) is 0 Å². The molecule has 19 heavy (non-hydrogen) atoms. The average molecular weight is 390 g/mol. The average Bonchev–Trinajstić information content (AvgIpc) is 2.44. The zero-order valence-electron chi connectivity index (χ0n) is 12.5. The Morgan fingerprint density at radius 1 is 1.05 bits per heavy atom. The summed E-state index contributed by atoms with van der Waals surface area (Å²) in [7, 11) is 6.93. The monoisotopic (exact) mass is 390 g/mol. The summed E-state index contributed by atoms with van der Waals surface area (Å²) >= 11 is -2.87. The predicted octanol–water partition coefficient (Wildman–Crippen LogP) is 6.05. The van der Waals surface area contributed by atoms with Gasteiger partial charge >= 0.3 is 127 Å². The van der Waals surface area contributed by atoms with Crippen molar-refractivity contribution in [2.45, 2.75) is 61.4 Å². The van der Waals surface area contributed by atoms with Gasteiger partial charge in [-0.15, -0.1) is 0 Å². The predicted molar refractivity (Wildman–Crippen MR) is 87.0 cm³/mol. The number of unbranched alkanes of at least 4 members (excludes halogenated alkanes) is 2. The fraction of sp³-hybridized carbons (Fsp3) is 0.625. The van der Waals surface area contributed by atoms with Crippen LogP contribution in [0.15, 0.2) is 30.3 Å². The number of halogens is 1. The first-order valence-corrected chi connectivity index (χ1v) is 16.3. The van der Waals surface area contributed by atoms with Gasteiger partial charge in [-0.05, 0) is 0 Å². The van der Waals surface area contributed by atoms with Crippen LogP contribution in [0.1, 0.15) is 58.1 Å². The van der Waals surface area contributed by atoms with Crippen LogP contribution < -0.4 is 0 Å². The number of hydrogen-bond donors (Lipinski definition) is 0. The summed E-state index contributed by atoms with van der Waals surface area (Å²) in [6.45, 7) is 6.59. The van der Waals surface area contributed by atoms with Crippen molar-refractivity contribution in [3.05, 3.63) is 35.9 Å². The van der Waals surface area contributed by atoms with E-state index in [1.807, 2.05) is 6.07 Å². The normalized spacial score (nSPS) is 13.5. The first kappa shape index (κ1) is 17.3. The summed E-state index contributed by atoms with van der Waals surface area (Å²) in [6.07, 6.45) is 4.99. The Bertz CT molecular complexity index is 334. The first-order chi connectivity index (χ1) is 9.11. The second-order valence-corrected chi connectivity index (χ2v) is 18.4. The van der Waals surface area contributed by atoms with Gasteiger partial charge in [0, 0.05) is 0 Å². The van der Waals surface area contributed by atoms with Crippen molar-refractivity contribution in [2.24, 2.45) is 0 Å². The summed E-state index contributed by atoms with van der Waals surface area (Å²) in [5.74, 6) is 0. The number of benzene rings is 1. The molecule has 0 amide bonds. The minimum atomic E-state index is -2.87. The summed E-state index contributed by atoms with van der Waals surface area (Å²) in [6, 6.07) is 10.4. The molecule has 1 aromatic carbocycles. The van der Waals surface area contributed by atoms with E-state index < -0.39 is 17.7 Å². The van der Waals surface area contributed by atoms with Gasteiger partial charge in [0.05, 0.1) is 0 Å². The molecule has 0 aliphatic rings. The molecular weight excluding hydrogens is 362 g/mol. The van der Waals surface area contributed by atoms with E-state index in [0.29, 0.717) is 0 Å². The summed E-state index contributed by atoms with van der Waals surface area (Å²) in [5, 5.41) is 0. The van der Waals surface area contributed by atoms with Crippen LogP contribution in [0.2, 0.25) is 8.87 Å². The van der Waals surface area contributed by atoms with E-state index in [1.165, 1.54) is 31.2 Å². The van der Waals surface area contributed by atoms with Crippen LogP contribution in [0.5, 0.6) is 0 Å². The van der Waals surface area contributed by atoms with Gasteiger partial charge in [0.1, 0.15) is 0 Å². The van der Waals surface area contributed by atoms with Gasteiger partial charge in [-0.1, -0.05) is 0 Å². The molecular formula is C16H27ClOSn. The second kappa shape index (κ2) is 9.25. The Morgan fingerprint density at radius 2 is 1.58 bits per heavy atom. The topological polar surface area (TPSA) is 9.23 Å². The van der Waals surface area contributed by atoms with Crippen LogP contribution in [0.25, 0.3) is 0 Å². The molecule has 0 aromatic heterocycles. The second-order valence-electron chi connectivity index (χ2n) is 5.26. The molecule has 0 aliphatic heterocycles. The molecule has 3 heteroatoms. The van der Waals surface area contributed by atoms with Crippen LogP contribution in [-0.4, -0.2) is 17.7 Å². The zero-order valence-corrected chi connectivity index (χ0v) is 16.1. The third kappa shape index (κ3) is 6.50. The maximum atomic E-state index is 6.93. The molecule has 1 atom stereocenters.